The molecule has 0 atom stereocenters. The van der Waals surface area contributed by atoms with Gasteiger partial charge in [0.1, 0.15) is 11.5 Å². The standard InChI is InChI=1S/C23H23FN2O2/c1-15-12-16(2)14-19(13-15)26-22(27)20(17-6-8-18(24)9-7-17)21(23(26)28)25-10-4-3-5-11-25/h6-9,12-14H,3-5,10-11H2,1-2H3. The predicted molar refractivity (Wildman–Crippen MR) is 107 cm³/mol. The highest BCUT2D eigenvalue weighted by molar-refractivity contribution is 6.45. The van der Waals surface area contributed by atoms with Crippen LogP contribution in [0.25, 0.3) is 5.57 Å². The normalized spacial score (nSPS) is 17.7. The van der Waals surface area contributed by atoms with Crippen LogP contribution in [0.1, 0.15) is 36.0 Å². The lowest BCUT2D eigenvalue weighted by Gasteiger charge is -2.29. The number of amides is 2. The fourth-order valence-corrected chi connectivity index (χ4v) is 4.12. The molecule has 4 nitrogen and oxygen atoms in total. The molecule has 2 aromatic rings. The topological polar surface area (TPSA) is 40.6 Å². The first-order chi connectivity index (χ1) is 13.5. The first kappa shape index (κ1) is 18.4. The molecule has 0 N–H and O–H groups in total. The van der Waals surface area contributed by atoms with Crippen LogP contribution in [0.5, 0.6) is 0 Å². The number of benzene rings is 2. The van der Waals surface area contributed by atoms with Crippen molar-refractivity contribution in [2.24, 2.45) is 0 Å². The summed E-state index contributed by atoms with van der Waals surface area (Å²) in [5, 5.41) is 0. The van der Waals surface area contributed by atoms with E-state index in [-0.39, 0.29) is 17.6 Å². The van der Waals surface area contributed by atoms with Crippen molar-refractivity contribution in [2.45, 2.75) is 33.1 Å². The quantitative estimate of drug-likeness (QED) is 0.751. The number of hydrogen-bond acceptors (Lipinski definition) is 3. The van der Waals surface area contributed by atoms with Crippen molar-refractivity contribution in [2.75, 3.05) is 18.0 Å². The third-order valence-electron chi connectivity index (χ3n) is 5.33. The predicted octanol–water partition coefficient (Wildman–Crippen LogP) is 4.21. The summed E-state index contributed by atoms with van der Waals surface area (Å²) in [6, 6.07) is 11.5. The van der Waals surface area contributed by atoms with Crippen molar-refractivity contribution in [1.29, 1.82) is 0 Å². The molecule has 1 saturated heterocycles. The second kappa shape index (κ2) is 7.23. The highest BCUT2D eigenvalue weighted by Crippen LogP contribution is 2.36. The minimum absolute atomic E-state index is 0.295. The van der Waals surface area contributed by atoms with Crippen LogP contribution in [0.2, 0.25) is 0 Å². The zero-order chi connectivity index (χ0) is 19.8. The molecule has 0 unspecified atom stereocenters. The summed E-state index contributed by atoms with van der Waals surface area (Å²) >= 11 is 0. The number of nitrogens with zero attached hydrogens (tertiary/aromatic N) is 2. The van der Waals surface area contributed by atoms with Gasteiger partial charge in [-0.2, -0.15) is 0 Å². The van der Waals surface area contributed by atoms with Gasteiger partial charge >= 0.3 is 0 Å². The van der Waals surface area contributed by atoms with E-state index in [9.17, 15) is 14.0 Å². The number of piperidine rings is 1. The number of anilines is 1. The summed E-state index contributed by atoms with van der Waals surface area (Å²) in [6.45, 7) is 5.39. The van der Waals surface area contributed by atoms with Gasteiger partial charge in [-0.1, -0.05) is 18.2 Å². The number of rotatable bonds is 3. The average molecular weight is 378 g/mol. The summed E-state index contributed by atoms with van der Waals surface area (Å²) in [6.07, 6.45) is 3.11. The van der Waals surface area contributed by atoms with Crippen molar-refractivity contribution in [3.05, 3.63) is 70.7 Å². The SMILES string of the molecule is Cc1cc(C)cc(N2C(=O)C(c3ccc(F)cc3)=C(N3CCCCC3)C2=O)c1. The Kier molecular flexibility index (Phi) is 4.75. The van der Waals surface area contributed by atoms with E-state index >= 15 is 0 Å². The highest BCUT2D eigenvalue weighted by Gasteiger charge is 2.42. The lowest BCUT2D eigenvalue weighted by atomic mass is 10.0. The van der Waals surface area contributed by atoms with Crippen LogP contribution in [-0.2, 0) is 9.59 Å². The summed E-state index contributed by atoms with van der Waals surface area (Å²) < 4.78 is 13.4. The third-order valence-corrected chi connectivity index (χ3v) is 5.33. The lowest BCUT2D eigenvalue weighted by molar-refractivity contribution is -0.120. The number of likely N-dealkylation sites (tertiary alicyclic amines) is 1. The Labute approximate surface area is 164 Å². The Balaban J connectivity index is 1.84. The minimum Gasteiger partial charge on any atom is -0.366 e. The first-order valence-electron chi connectivity index (χ1n) is 9.68. The molecule has 4 rings (SSSR count). The second-order valence-corrected chi connectivity index (χ2v) is 7.57. The Morgan fingerprint density at radius 3 is 2.04 bits per heavy atom. The van der Waals surface area contributed by atoms with Gasteiger partial charge in [-0.3, -0.25) is 9.59 Å². The number of aryl methyl sites for hydroxylation is 2. The van der Waals surface area contributed by atoms with Crippen molar-refractivity contribution in [3.8, 4) is 0 Å². The monoisotopic (exact) mass is 378 g/mol. The molecule has 2 heterocycles. The third kappa shape index (κ3) is 3.21. The highest BCUT2D eigenvalue weighted by atomic mass is 19.1. The fraction of sp³-hybridized carbons (Fsp3) is 0.304. The van der Waals surface area contributed by atoms with E-state index in [1.165, 1.54) is 17.0 Å². The molecule has 1 fully saturated rings. The van der Waals surface area contributed by atoms with E-state index in [1.54, 1.807) is 12.1 Å². The number of hydrogen-bond donors (Lipinski definition) is 0. The van der Waals surface area contributed by atoms with E-state index in [4.69, 9.17) is 0 Å². The van der Waals surface area contributed by atoms with Crippen molar-refractivity contribution in [3.63, 3.8) is 0 Å². The van der Waals surface area contributed by atoms with Crippen molar-refractivity contribution in [1.82, 2.24) is 4.90 Å². The van der Waals surface area contributed by atoms with E-state index in [1.807, 2.05) is 36.9 Å². The van der Waals surface area contributed by atoms with Gasteiger partial charge in [0, 0.05) is 13.1 Å². The van der Waals surface area contributed by atoms with Gasteiger partial charge < -0.3 is 4.90 Å². The lowest BCUT2D eigenvalue weighted by Crippen LogP contribution is -2.37. The molecule has 0 aliphatic carbocycles. The number of halogens is 1. The first-order valence-corrected chi connectivity index (χ1v) is 9.68. The molecule has 2 aliphatic rings. The van der Waals surface area contributed by atoms with Crippen LogP contribution < -0.4 is 4.90 Å². The molecule has 0 spiro atoms. The van der Waals surface area contributed by atoms with Crippen molar-refractivity contribution >= 4 is 23.1 Å². The van der Waals surface area contributed by atoms with E-state index < -0.39 is 0 Å². The minimum atomic E-state index is -0.369. The molecule has 2 aromatic carbocycles. The largest absolute Gasteiger partial charge is 0.366 e. The number of carbonyl (C=O) groups is 2. The zero-order valence-electron chi connectivity index (χ0n) is 16.2. The maximum atomic E-state index is 13.4. The van der Waals surface area contributed by atoms with Gasteiger partial charge in [0.25, 0.3) is 11.8 Å². The second-order valence-electron chi connectivity index (χ2n) is 7.57. The van der Waals surface area contributed by atoms with Gasteiger partial charge in [-0.05, 0) is 74.1 Å². The van der Waals surface area contributed by atoms with Crippen LogP contribution in [-0.4, -0.2) is 29.8 Å². The molecular formula is C23H23FN2O2. The summed E-state index contributed by atoms with van der Waals surface area (Å²) in [5.41, 5.74) is 3.95. The Morgan fingerprint density at radius 2 is 1.43 bits per heavy atom. The van der Waals surface area contributed by atoms with E-state index in [0.29, 0.717) is 22.5 Å². The van der Waals surface area contributed by atoms with E-state index in [0.717, 1.165) is 43.5 Å². The van der Waals surface area contributed by atoms with Gasteiger partial charge in [0.15, 0.2) is 0 Å². The van der Waals surface area contributed by atoms with Gasteiger partial charge in [0.2, 0.25) is 0 Å². The van der Waals surface area contributed by atoms with Crippen molar-refractivity contribution < 1.29 is 14.0 Å². The summed E-state index contributed by atoms with van der Waals surface area (Å²) in [5.74, 6) is -1.01. The van der Waals surface area contributed by atoms with Gasteiger partial charge in [-0.15, -0.1) is 0 Å². The molecular weight excluding hydrogens is 355 g/mol. The van der Waals surface area contributed by atoms with Crippen LogP contribution in [0.15, 0.2) is 48.2 Å². The molecule has 0 saturated carbocycles. The zero-order valence-corrected chi connectivity index (χ0v) is 16.2. The smallest absolute Gasteiger partial charge is 0.282 e. The molecule has 0 radical (unpaired) electrons. The molecule has 2 amide bonds. The fourth-order valence-electron chi connectivity index (χ4n) is 4.12. The van der Waals surface area contributed by atoms with Gasteiger partial charge in [0.05, 0.1) is 11.3 Å². The number of imide groups is 1. The molecule has 0 bridgehead atoms. The van der Waals surface area contributed by atoms with Crippen LogP contribution in [0, 0.1) is 19.7 Å². The Morgan fingerprint density at radius 1 is 0.821 bits per heavy atom. The molecule has 2 aliphatic heterocycles. The van der Waals surface area contributed by atoms with Crippen LogP contribution in [0.4, 0.5) is 10.1 Å². The Hall–Kier alpha value is -2.95. The molecule has 0 aromatic heterocycles. The molecule has 144 valence electrons. The molecule has 28 heavy (non-hydrogen) atoms. The maximum Gasteiger partial charge on any atom is 0.282 e. The van der Waals surface area contributed by atoms with Gasteiger partial charge in [-0.25, -0.2) is 9.29 Å². The summed E-state index contributed by atoms with van der Waals surface area (Å²) in [4.78, 5) is 30.1. The summed E-state index contributed by atoms with van der Waals surface area (Å²) in [7, 11) is 0. The average Bonchev–Trinajstić information content (AvgIpc) is 2.93. The van der Waals surface area contributed by atoms with Crippen LogP contribution >= 0.6 is 0 Å². The Bertz CT molecular complexity index is 952. The van der Waals surface area contributed by atoms with E-state index in [2.05, 4.69) is 0 Å². The number of carbonyl (C=O) groups excluding carboxylic acids is 2. The van der Waals surface area contributed by atoms with Crippen LogP contribution in [0.3, 0.4) is 0 Å². The maximum absolute atomic E-state index is 13.4. The molecule has 5 heteroatoms.